The minimum absolute atomic E-state index is 0.250. The van der Waals surface area contributed by atoms with Crippen molar-refractivity contribution >= 4 is 40.0 Å². The second-order valence-corrected chi connectivity index (χ2v) is 11.8. The summed E-state index contributed by atoms with van der Waals surface area (Å²) in [6, 6.07) is 12.4. The summed E-state index contributed by atoms with van der Waals surface area (Å²) >= 11 is 3.76. The van der Waals surface area contributed by atoms with Gasteiger partial charge in [0.05, 0.1) is 22.8 Å². The van der Waals surface area contributed by atoms with E-state index in [-0.39, 0.29) is 11.8 Å². The van der Waals surface area contributed by atoms with Gasteiger partial charge in [0.2, 0.25) is 0 Å². The third-order valence-corrected chi connectivity index (χ3v) is 9.11. The second-order valence-electron chi connectivity index (χ2n) is 9.11. The van der Waals surface area contributed by atoms with Crippen molar-refractivity contribution in [3.8, 4) is 5.75 Å². The maximum Gasteiger partial charge on any atom is 0.308 e. The van der Waals surface area contributed by atoms with Crippen LogP contribution < -0.4 is 4.74 Å². The van der Waals surface area contributed by atoms with Crippen molar-refractivity contribution in [3.63, 3.8) is 0 Å². The van der Waals surface area contributed by atoms with E-state index in [1.54, 1.807) is 7.11 Å². The first kappa shape index (κ1) is 25.0. The lowest BCUT2D eigenvalue weighted by molar-refractivity contribution is -0.146. The summed E-state index contributed by atoms with van der Waals surface area (Å²) in [7, 11) is 1.68. The molecule has 3 aromatic rings. The number of hydrogen-bond donors (Lipinski definition) is 1. The van der Waals surface area contributed by atoms with Crippen LogP contribution in [0.2, 0.25) is 0 Å². The highest BCUT2D eigenvalue weighted by molar-refractivity contribution is 8.01. The zero-order chi connectivity index (χ0) is 23.9. The fourth-order valence-corrected chi connectivity index (χ4v) is 7.04. The summed E-state index contributed by atoms with van der Waals surface area (Å²) in [5.74, 6) is 1.26. The molecule has 7 heteroatoms. The molecule has 2 aromatic heterocycles. The first-order valence-corrected chi connectivity index (χ1v) is 13.9. The Balaban J connectivity index is 1.26. The topological polar surface area (TPSA) is 62.7 Å². The Bertz CT molecular complexity index is 1100. The number of thiophene rings is 1. The van der Waals surface area contributed by atoms with E-state index in [1.165, 1.54) is 14.6 Å². The SMILES string of the molecule is COc1ccc2nccc(CCC[C@@H]3CCN(CCCSc4ccc(C)s4)C[C@@H]3C(=O)O)c2c1. The number of hydrogen-bond acceptors (Lipinski definition) is 6. The predicted octanol–water partition coefficient (Wildman–Crippen LogP) is 6.14. The lowest BCUT2D eigenvalue weighted by Crippen LogP contribution is -2.44. The molecule has 182 valence electrons. The highest BCUT2D eigenvalue weighted by atomic mass is 32.2. The molecule has 34 heavy (non-hydrogen) atoms. The Labute approximate surface area is 210 Å². The van der Waals surface area contributed by atoms with Crippen LogP contribution in [0.3, 0.4) is 0 Å². The number of methoxy groups -OCH3 is 1. The number of aliphatic carboxylic acids is 1. The molecule has 0 unspecified atom stereocenters. The predicted molar refractivity (Wildman–Crippen MR) is 141 cm³/mol. The third-order valence-electron chi connectivity index (χ3n) is 6.80. The number of aryl methyl sites for hydroxylation is 2. The van der Waals surface area contributed by atoms with Crippen LogP contribution >= 0.6 is 23.1 Å². The first-order chi connectivity index (χ1) is 16.5. The maximum atomic E-state index is 12.1. The molecule has 2 atom stereocenters. The summed E-state index contributed by atoms with van der Waals surface area (Å²) in [4.78, 5) is 20.2. The van der Waals surface area contributed by atoms with Gasteiger partial charge in [0.15, 0.2) is 0 Å². The molecule has 0 aliphatic carbocycles. The molecule has 3 heterocycles. The Hall–Kier alpha value is -2.09. The normalized spacial score (nSPS) is 18.9. The summed E-state index contributed by atoms with van der Waals surface area (Å²) < 4.78 is 6.76. The number of thioether (sulfide) groups is 1. The number of fused-ring (bicyclic) bond motifs is 1. The molecular weight excluding hydrogens is 464 g/mol. The van der Waals surface area contributed by atoms with Crippen LogP contribution in [0.15, 0.2) is 46.8 Å². The summed E-state index contributed by atoms with van der Waals surface area (Å²) in [6.07, 6.45) is 6.79. The fourth-order valence-electron chi connectivity index (χ4n) is 4.93. The highest BCUT2D eigenvalue weighted by Crippen LogP contribution is 2.31. The Kier molecular flexibility index (Phi) is 8.86. The van der Waals surface area contributed by atoms with Gasteiger partial charge in [-0.2, -0.15) is 0 Å². The minimum atomic E-state index is -0.641. The van der Waals surface area contributed by atoms with Gasteiger partial charge < -0.3 is 14.7 Å². The van der Waals surface area contributed by atoms with E-state index in [4.69, 9.17) is 4.74 Å². The number of carbonyl (C=O) groups is 1. The van der Waals surface area contributed by atoms with Gasteiger partial charge in [0.25, 0.3) is 0 Å². The van der Waals surface area contributed by atoms with E-state index < -0.39 is 5.97 Å². The molecule has 1 aliphatic rings. The number of rotatable bonds is 11. The number of ether oxygens (including phenoxy) is 1. The van der Waals surface area contributed by atoms with Crippen molar-refractivity contribution in [1.82, 2.24) is 9.88 Å². The van der Waals surface area contributed by atoms with Gasteiger partial charge in [0, 0.05) is 28.8 Å². The molecule has 0 saturated carbocycles. The Morgan fingerprint density at radius 3 is 2.91 bits per heavy atom. The van der Waals surface area contributed by atoms with Gasteiger partial charge in [-0.25, -0.2) is 0 Å². The molecule has 0 radical (unpaired) electrons. The van der Waals surface area contributed by atoms with Crippen molar-refractivity contribution in [3.05, 3.63) is 53.0 Å². The number of pyridine rings is 1. The van der Waals surface area contributed by atoms with Crippen LogP contribution in [0.25, 0.3) is 10.9 Å². The molecular formula is C27H34N2O3S2. The molecule has 4 rings (SSSR count). The maximum absolute atomic E-state index is 12.1. The molecule has 1 saturated heterocycles. The smallest absolute Gasteiger partial charge is 0.308 e. The summed E-state index contributed by atoms with van der Waals surface area (Å²) in [6.45, 7) is 4.81. The number of nitrogens with zero attached hydrogens (tertiary/aromatic N) is 2. The number of benzene rings is 1. The zero-order valence-electron chi connectivity index (χ0n) is 20.0. The van der Waals surface area contributed by atoms with Gasteiger partial charge in [-0.1, -0.05) is 0 Å². The number of likely N-dealkylation sites (tertiary alicyclic amines) is 1. The lowest BCUT2D eigenvalue weighted by atomic mass is 9.81. The van der Waals surface area contributed by atoms with Gasteiger partial charge in [-0.15, -0.1) is 23.1 Å². The summed E-state index contributed by atoms with van der Waals surface area (Å²) in [5.41, 5.74) is 2.23. The highest BCUT2D eigenvalue weighted by Gasteiger charge is 2.33. The number of carboxylic acids is 1. The van der Waals surface area contributed by atoms with Crippen molar-refractivity contribution < 1.29 is 14.6 Å². The van der Waals surface area contributed by atoms with Gasteiger partial charge >= 0.3 is 5.97 Å². The van der Waals surface area contributed by atoms with E-state index in [9.17, 15) is 9.90 Å². The van der Waals surface area contributed by atoms with E-state index in [0.29, 0.717) is 6.54 Å². The monoisotopic (exact) mass is 498 g/mol. The van der Waals surface area contributed by atoms with Crippen LogP contribution in [-0.2, 0) is 11.2 Å². The zero-order valence-corrected chi connectivity index (χ0v) is 21.7. The first-order valence-electron chi connectivity index (χ1n) is 12.1. The van der Waals surface area contributed by atoms with Crippen LogP contribution in [0.1, 0.15) is 36.1 Å². The molecule has 0 spiro atoms. The number of piperidine rings is 1. The fraction of sp³-hybridized carbons (Fsp3) is 0.481. The standard InChI is InChI=1S/C27H34N2O3S2/c1-19-7-10-26(34-19)33-16-4-14-29-15-12-21(24(18-29)27(30)31)6-3-5-20-11-13-28-25-9-8-22(32-2)17-23(20)25/h7-11,13,17,21,24H,3-6,12,14-16,18H2,1-2H3,(H,30,31)/t21-,24+/m1/s1. The Morgan fingerprint density at radius 2 is 2.15 bits per heavy atom. The van der Waals surface area contributed by atoms with Crippen molar-refractivity contribution in [2.24, 2.45) is 11.8 Å². The van der Waals surface area contributed by atoms with Crippen LogP contribution in [0.4, 0.5) is 0 Å². The lowest BCUT2D eigenvalue weighted by Gasteiger charge is -2.36. The quantitative estimate of drug-likeness (QED) is 0.253. The number of aromatic nitrogens is 1. The minimum Gasteiger partial charge on any atom is -0.497 e. The van der Waals surface area contributed by atoms with Crippen LogP contribution in [-0.4, -0.2) is 53.5 Å². The van der Waals surface area contributed by atoms with Gasteiger partial charge in [-0.3, -0.25) is 9.78 Å². The average molecular weight is 499 g/mol. The molecule has 5 nitrogen and oxygen atoms in total. The van der Waals surface area contributed by atoms with Crippen molar-refractivity contribution in [2.45, 2.75) is 43.2 Å². The van der Waals surface area contributed by atoms with Crippen molar-refractivity contribution in [1.29, 1.82) is 0 Å². The summed E-state index contributed by atoms with van der Waals surface area (Å²) in [5, 5.41) is 11.0. The van der Waals surface area contributed by atoms with E-state index in [2.05, 4.69) is 35.0 Å². The third kappa shape index (κ3) is 6.52. The van der Waals surface area contributed by atoms with Crippen molar-refractivity contribution in [2.75, 3.05) is 32.5 Å². The molecule has 1 aliphatic heterocycles. The molecule has 1 fully saturated rings. The Morgan fingerprint density at radius 1 is 1.26 bits per heavy atom. The van der Waals surface area contributed by atoms with E-state index >= 15 is 0 Å². The van der Waals surface area contributed by atoms with E-state index in [0.717, 1.165) is 67.6 Å². The second kappa shape index (κ2) is 12.0. The molecule has 1 N–H and O–H groups in total. The number of carboxylic acid groups (broad SMARTS) is 1. The van der Waals surface area contributed by atoms with Gasteiger partial charge in [-0.05, 0) is 100.0 Å². The molecule has 1 aromatic carbocycles. The van der Waals surface area contributed by atoms with Crippen LogP contribution in [0, 0.1) is 18.8 Å². The molecule has 0 bridgehead atoms. The van der Waals surface area contributed by atoms with Gasteiger partial charge in [0.1, 0.15) is 5.75 Å². The molecule has 0 amide bonds. The van der Waals surface area contributed by atoms with Crippen LogP contribution in [0.5, 0.6) is 5.75 Å². The largest absolute Gasteiger partial charge is 0.497 e. The van der Waals surface area contributed by atoms with E-state index in [1.807, 2.05) is 47.5 Å². The average Bonchev–Trinajstić information content (AvgIpc) is 3.27.